The summed E-state index contributed by atoms with van der Waals surface area (Å²) in [6.45, 7) is 3.65. The first kappa shape index (κ1) is 23.3. The molecule has 0 saturated carbocycles. The summed E-state index contributed by atoms with van der Waals surface area (Å²) >= 11 is 0. The molecule has 176 valence electrons. The van der Waals surface area contributed by atoms with E-state index in [2.05, 4.69) is 20.3 Å². The lowest BCUT2D eigenvalue weighted by molar-refractivity contribution is 0.0940. The molecule has 2 aliphatic rings. The maximum absolute atomic E-state index is 14.1. The predicted molar refractivity (Wildman–Crippen MR) is 120 cm³/mol. The van der Waals surface area contributed by atoms with Crippen LogP contribution in [0.15, 0.2) is 30.7 Å². The van der Waals surface area contributed by atoms with E-state index in [0.717, 1.165) is 49.5 Å². The summed E-state index contributed by atoms with van der Waals surface area (Å²) in [5, 5.41) is 7.27. The highest BCUT2D eigenvalue weighted by Crippen LogP contribution is 2.37. The van der Waals surface area contributed by atoms with E-state index < -0.39 is 7.60 Å². The van der Waals surface area contributed by atoms with Crippen molar-refractivity contribution in [2.75, 3.05) is 18.1 Å². The molecule has 33 heavy (non-hydrogen) atoms. The maximum Gasteiger partial charge on any atom is 0.322 e. The Hall–Kier alpha value is -2.88. The van der Waals surface area contributed by atoms with Crippen molar-refractivity contribution in [3.8, 4) is 0 Å². The van der Waals surface area contributed by atoms with Gasteiger partial charge in [-0.15, -0.1) is 0 Å². The highest BCUT2D eigenvalue weighted by atomic mass is 31.2. The Bertz CT molecular complexity index is 1220. The number of rotatable bonds is 0. The molecule has 1 amide bonds. The van der Waals surface area contributed by atoms with Crippen molar-refractivity contribution in [1.82, 2.24) is 24.9 Å². The van der Waals surface area contributed by atoms with Crippen LogP contribution in [0.25, 0.3) is 5.65 Å². The molecule has 1 fully saturated rings. The molecule has 0 aromatic carbocycles. The summed E-state index contributed by atoms with van der Waals surface area (Å²) in [6, 6.07) is 3.48. The van der Waals surface area contributed by atoms with Crippen LogP contribution in [-0.4, -0.2) is 54.5 Å². The van der Waals surface area contributed by atoms with Crippen LogP contribution in [0, 0.1) is 5.82 Å². The molecule has 3 aromatic heterocycles. The Morgan fingerprint density at radius 2 is 2.03 bits per heavy atom. The van der Waals surface area contributed by atoms with E-state index in [-0.39, 0.29) is 23.8 Å². The van der Waals surface area contributed by atoms with E-state index in [9.17, 15) is 13.8 Å². The van der Waals surface area contributed by atoms with E-state index in [1.807, 2.05) is 19.2 Å². The zero-order chi connectivity index (χ0) is 23.8. The Morgan fingerprint density at radius 1 is 1.27 bits per heavy atom. The van der Waals surface area contributed by atoms with Gasteiger partial charge in [-0.1, -0.05) is 0 Å². The van der Waals surface area contributed by atoms with Crippen LogP contribution in [0.4, 0.5) is 10.2 Å². The topological polar surface area (TPSA) is 133 Å². The molecule has 2 atom stereocenters. The molecule has 12 heteroatoms. The third-order valence-corrected chi connectivity index (χ3v) is 5.67. The normalized spacial score (nSPS) is 20.6. The number of aromatic nitrogens is 4. The molecule has 3 aromatic rings. The number of amides is 1. The van der Waals surface area contributed by atoms with Gasteiger partial charge in [-0.2, -0.15) is 5.10 Å². The number of carbonyl (C=O) groups is 1. The van der Waals surface area contributed by atoms with E-state index >= 15 is 0 Å². The van der Waals surface area contributed by atoms with Gasteiger partial charge in [0.1, 0.15) is 17.2 Å². The van der Waals surface area contributed by atoms with Crippen LogP contribution >= 0.6 is 7.60 Å². The minimum Gasteiger partial charge on any atom is -0.349 e. The Labute approximate surface area is 190 Å². The minimum absolute atomic E-state index is 0.0271. The summed E-state index contributed by atoms with van der Waals surface area (Å²) in [5.41, 5.74) is 2.81. The predicted octanol–water partition coefficient (Wildman–Crippen LogP) is 2.46. The van der Waals surface area contributed by atoms with Crippen molar-refractivity contribution in [3.63, 3.8) is 0 Å². The van der Waals surface area contributed by atoms with Gasteiger partial charge in [-0.25, -0.2) is 13.9 Å². The number of carbonyl (C=O) groups excluding carboxylic acids is 1. The van der Waals surface area contributed by atoms with Crippen LogP contribution in [0.3, 0.4) is 0 Å². The molecule has 5 rings (SSSR count). The van der Waals surface area contributed by atoms with Gasteiger partial charge in [0.05, 0.1) is 18.4 Å². The van der Waals surface area contributed by atoms with Gasteiger partial charge in [-0.3, -0.25) is 14.3 Å². The Balaban J connectivity index is 0.000000471. The largest absolute Gasteiger partial charge is 0.349 e. The molecule has 1 saturated heterocycles. The zero-order valence-corrected chi connectivity index (χ0v) is 19.2. The van der Waals surface area contributed by atoms with Crippen LogP contribution in [0.2, 0.25) is 0 Å². The average Bonchev–Trinajstić information content (AvgIpc) is 3.37. The molecule has 2 bridgehead atoms. The molecule has 0 spiro atoms. The lowest BCUT2D eigenvalue weighted by atomic mass is 9.98. The second-order valence-corrected chi connectivity index (χ2v) is 10.1. The monoisotopic (exact) mass is 476 g/mol. The molecule has 0 radical (unpaired) electrons. The van der Waals surface area contributed by atoms with Gasteiger partial charge in [0.15, 0.2) is 5.65 Å². The van der Waals surface area contributed by atoms with Crippen LogP contribution in [0.1, 0.15) is 53.8 Å². The highest BCUT2D eigenvalue weighted by Gasteiger charge is 2.31. The number of aryl methyl sites for hydroxylation is 1. The summed E-state index contributed by atoms with van der Waals surface area (Å²) in [5.74, 6) is 0.265. The third-order valence-electron chi connectivity index (χ3n) is 5.67. The quantitative estimate of drug-likeness (QED) is 0.422. The fourth-order valence-electron chi connectivity index (χ4n) is 4.25. The van der Waals surface area contributed by atoms with Crippen molar-refractivity contribution in [3.05, 3.63) is 53.4 Å². The molecule has 0 unspecified atom stereocenters. The lowest BCUT2D eigenvalue weighted by Gasteiger charge is -2.27. The maximum atomic E-state index is 14.1. The minimum atomic E-state index is -3.64. The molecule has 5 heterocycles. The van der Waals surface area contributed by atoms with Crippen LogP contribution in [-0.2, 0) is 11.0 Å². The molecule has 0 aliphatic carbocycles. The second kappa shape index (κ2) is 9.17. The number of fused-ring (bicyclic) bond motifs is 5. The summed E-state index contributed by atoms with van der Waals surface area (Å²) in [7, 11) is -3.64. The molecule has 3 N–H and O–H groups in total. The average molecular weight is 476 g/mol. The number of nitrogens with one attached hydrogen (secondary N) is 1. The van der Waals surface area contributed by atoms with Gasteiger partial charge >= 0.3 is 7.60 Å². The number of anilines is 1. The molecule has 10 nitrogen and oxygen atoms in total. The summed E-state index contributed by atoms with van der Waals surface area (Å²) < 4.78 is 25.0. The number of halogens is 1. The van der Waals surface area contributed by atoms with Crippen LogP contribution in [0.5, 0.6) is 0 Å². The van der Waals surface area contributed by atoms with Crippen LogP contribution < -0.4 is 10.2 Å². The Kier molecular flexibility index (Phi) is 6.47. The van der Waals surface area contributed by atoms with Crippen molar-refractivity contribution in [2.45, 2.75) is 44.7 Å². The Morgan fingerprint density at radius 3 is 2.79 bits per heavy atom. The second-order valence-electron chi connectivity index (χ2n) is 8.40. The van der Waals surface area contributed by atoms with Crippen molar-refractivity contribution in [2.24, 2.45) is 0 Å². The summed E-state index contributed by atoms with van der Waals surface area (Å²) in [4.78, 5) is 39.3. The van der Waals surface area contributed by atoms with Gasteiger partial charge < -0.3 is 20.0 Å². The number of pyridine rings is 1. The first-order valence-corrected chi connectivity index (χ1v) is 12.8. The number of hydrogen-bond acceptors (Lipinski definition) is 6. The third kappa shape index (κ3) is 5.38. The highest BCUT2D eigenvalue weighted by molar-refractivity contribution is 7.50. The van der Waals surface area contributed by atoms with Crippen molar-refractivity contribution < 1.29 is 23.5 Å². The number of hydrogen-bond donors (Lipinski definition) is 3. The standard InChI is InChI=1S/C20H21FN6O.CH5O3P/c1-12-4-5-16-14(9-13(21)10-22-16)17-3-2-7-26(17)18-6-8-27-19(25-18)15(11-23-27)20(28)24-12;1-5(2,3)4/h6,8-12,17H,2-5,7H2,1H3,(H,24,28);1H3,(H2,2,3,4)/t12-,17-;/m1./s1. The van der Waals surface area contributed by atoms with E-state index in [1.54, 1.807) is 16.8 Å². The van der Waals surface area contributed by atoms with Gasteiger partial charge in [0.2, 0.25) is 0 Å². The number of nitrogens with zero attached hydrogens (tertiary/aromatic N) is 5. The van der Waals surface area contributed by atoms with E-state index in [0.29, 0.717) is 17.6 Å². The first-order chi connectivity index (χ1) is 15.6. The summed E-state index contributed by atoms with van der Waals surface area (Å²) in [6.07, 6.45) is 7.97. The lowest BCUT2D eigenvalue weighted by Crippen LogP contribution is -2.33. The molecular formula is C21H26FN6O4P. The zero-order valence-electron chi connectivity index (χ0n) is 18.3. The van der Waals surface area contributed by atoms with Crippen molar-refractivity contribution in [1.29, 1.82) is 0 Å². The SMILES string of the molecule is CP(=O)(O)O.C[C@@H]1CCc2ncc(F)cc2[C@H]2CCCN2c2ccn3ncc(c3n2)C(=O)N1. The smallest absolute Gasteiger partial charge is 0.322 e. The molecule has 2 aliphatic heterocycles. The van der Waals surface area contributed by atoms with Crippen molar-refractivity contribution >= 4 is 25.0 Å². The first-order valence-electron chi connectivity index (χ1n) is 10.7. The molecular weight excluding hydrogens is 450 g/mol. The van der Waals surface area contributed by atoms with E-state index in [4.69, 9.17) is 14.8 Å². The van der Waals surface area contributed by atoms with Gasteiger partial charge in [0.25, 0.3) is 5.91 Å². The van der Waals surface area contributed by atoms with Gasteiger partial charge in [-0.05, 0) is 50.3 Å². The van der Waals surface area contributed by atoms with Gasteiger partial charge in [0, 0.05) is 31.1 Å². The van der Waals surface area contributed by atoms with E-state index in [1.165, 1.54) is 6.20 Å². The fourth-order valence-corrected chi connectivity index (χ4v) is 4.25. The fraction of sp³-hybridized carbons (Fsp3) is 0.429.